The first-order valence-corrected chi connectivity index (χ1v) is 13.1. The Balaban J connectivity index is 1.29. The molecule has 9 nitrogen and oxygen atoms in total. The predicted molar refractivity (Wildman–Crippen MR) is 129 cm³/mol. The van der Waals surface area contributed by atoms with E-state index in [1.807, 2.05) is 29.8 Å². The summed E-state index contributed by atoms with van der Waals surface area (Å²) in [7, 11) is 0. The van der Waals surface area contributed by atoms with Gasteiger partial charge in [0, 0.05) is 31.6 Å². The summed E-state index contributed by atoms with van der Waals surface area (Å²) in [5.74, 6) is 1.67. The monoisotopic (exact) mass is 475 g/mol. The second-order valence-electron chi connectivity index (χ2n) is 10.4. The first kappa shape index (κ1) is 22.2. The van der Waals surface area contributed by atoms with Crippen LogP contribution < -0.4 is 10.6 Å². The Hall–Kier alpha value is -3.23. The smallest absolute Gasteiger partial charge is 0.270 e. The molecular weight excluding hydrogens is 442 g/mol. The van der Waals surface area contributed by atoms with Crippen LogP contribution >= 0.6 is 0 Å². The standard InChI is InChI=1S/C26H33N7O2/c1-2-32-21(11-13-28-32)26(35)30-24(23(16-5-6-16)17-7-8-17)20-15-33-22(29-20)10-9-19(31-33)14-18-4-3-12-27-25(18)34/h9-11,13,15-18,23-24H,2-8,12,14H2,1H3,(H,27,34)(H,30,35)/t18-,24-/m1/s1. The lowest BCUT2D eigenvalue weighted by molar-refractivity contribution is -0.126. The molecule has 0 bridgehead atoms. The van der Waals surface area contributed by atoms with Gasteiger partial charge in [-0.25, -0.2) is 9.50 Å². The zero-order chi connectivity index (χ0) is 23.9. The highest BCUT2D eigenvalue weighted by atomic mass is 16.2. The van der Waals surface area contributed by atoms with Gasteiger partial charge in [-0.15, -0.1) is 0 Å². The summed E-state index contributed by atoms with van der Waals surface area (Å²) >= 11 is 0. The molecule has 3 aliphatic rings. The summed E-state index contributed by atoms with van der Waals surface area (Å²) in [6.45, 7) is 3.40. The Labute approximate surface area is 204 Å². The van der Waals surface area contributed by atoms with Gasteiger partial charge in [-0.05, 0) is 81.4 Å². The van der Waals surface area contributed by atoms with Crippen LogP contribution in [0.3, 0.4) is 0 Å². The van der Waals surface area contributed by atoms with Crippen LogP contribution in [0.4, 0.5) is 0 Å². The second-order valence-corrected chi connectivity index (χ2v) is 10.4. The van der Waals surface area contributed by atoms with Crippen molar-refractivity contribution < 1.29 is 9.59 Å². The number of carbonyl (C=O) groups is 2. The minimum Gasteiger partial charge on any atom is -0.356 e. The molecule has 0 radical (unpaired) electrons. The van der Waals surface area contributed by atoms with E-state index in [1.165, 1.54) is 25.7 Å². The minimum atomic E-state index is -0.156. The number of fused-ring (bicyclic) bond motifs is 1. The summed E-state index contributed by atoms with van der Waals surface area (Å²) in [6, 6.07) is 5.57. The molecule has 6 rings (SSSR count). The van der Waals surface area contributed by atoms with Crippen LogP contribution in [0.25, 0.3) is 5.65 Å². The number of hydrogen-bond acceptors (Lipinski definition) is 5. The molecule has 3 fully saturated rings. The number of aromatic nitrogens is 5. The number of imidazole rings is 1. The Morgan fingerprint density at radius 1 is 1.17 bits per heavy atom. The Morgan fingerprint density at radius 2 is 1.97 bits per heavy atom. The first-order chi connectivity index (χ1) is 17.1. The molecular formula is C26H33N7O2. The molecule has 2 saturated carbocycles. The maximum atomic E-state index is 13.3. The molecule has 3 aromatic heterocycles. The molecule has 4 heterocycles. The highest BCUT2D eigenvalue weighted by molar-refractivity contribution is 5.92. The molecule has 9 heteroatoms. The van der Waals surface area contributed by atoms with Crippen LogP contribution in [0, 0.1) is 23.7 Å². The van der Waals surface area contributed by atoms with E-state index in [4.69, 9.17) is 10.1 Å². The van der Waals surface area contributed by atoms with E-state index in [0.29, 0.717) is 36.4 Å². The van der Waals surface area contributed by atoms with E-state index >= 15 is 0 Å². The SMILES string of the molecule is CCn1nccc1C(=O)N[C@H](c1cn2nc(C[C@H]3CCCNC3=O)ccc2n1)C(C1CC1)C1CC1. The van der Waals surface area contributed by atoms with Crippen LogP contribution in [-0.4, -0.2) is 42.7 Å². The first-order valence-electron chi connectivity index (χ1n) is 13.1. The molecule has 2 aliphatic carbocycles. The van der Waals surface area contributed by atoms with Gasteiger partial charge in [0.15, 0.2) is 5.65 Å². The number of aryl methyl sites for hydroxylation is 1. The number of nitrogens with one attached hydrogen (secondary N) is 2. The van der Waals surface area contributed by atoms with Gasteiger partial charge in [-0.3, -0.25) is 14.3 Å². The Morgan fingerprint density at radius 3 is 2.69 bits per heavy atom. The van der Waals surface area contributed by atoms with Crippen LogP contribution in [0.1, 0.15) is 73.4 Å². The van der Waals surface area contributed by atoms with E-state index in [1.54, 1.807) is 16.9 Å². The topological polar surface area (TPSA) is 106 Å². The van der Waals surface area contributed by atoms with Crippen molar-refractivity contribution in [2.45, 2.75) is 64.5 Å². The van der Waals surface area contributed by atoms with Crippen molar-refractivity contribution in [2.75, 3.05) is 6.54 Å². The van der Waals surface area contributed by atoms with Crippen molar-refractivity contribution >= 4 is 17.5 Å². The third-order valence-electron chi connectivity index (χ3n) is 7.82. The van der Waals surface area contributed by atoms with Crippen molar-refractivity contribution in [3.05, 3.63) is 47.7 Å². The molecule has 0 aromatic carbocycles. The van der Waals surface area contributed by atoms with Crippen molar-refractivity contribution in [1.29, 1.82) is 0 Å². The van der Waals surface area contributed by atoms with E-state index in [-0.39, 0.29) is 23.8 Å². The van der Waals surface area contributed by atoms with E-state index in [9.17, 15) is 9.59 Å². The minimum absolute atomic E-state index is 0.0266. The van der Waals surface area contributed by atoms with Crippen LogP contribution in [-0.2, 0) is 17.8 Å². The molecule has 184 valence electrons. The summed E-state index contributed by atoms with van der Waals surface area (Å²) in [5.41, 5.74) is 3.10. The number of amides is 2. The predicted octanol–water partition coefficient (Wildman–Crippen LogP) is 2.92. The van der Waals surface area contributed by atoms with Crippen LogP contribution in [0.5, 0.6) is 0 Å². The number of nitrogens with zero attached hydrogens (tertiary/aromatic N) is 5. The number of carbonyl (C=O) groups excluding carboxylic acids is 2. The highest BCUT2D eigenvalue weighted by Crippen LogP contribution is 2.54. The number of hydrogen-bond donors (Lipinski definition) is 2. The summed E-state index contributed by atoms with van der Waals surface area (Å²) in [6.07, 6.45) is 11.1. The molecule has 2 amide bonds. The lowest BCUT2D eigenvalue weighted by Gasteiger charge is -2.27. The summed E-state index contributed by atoms with van der Waals surface area (Å²) < 4.78 is 3.55. The molecule has 3 aromatic rings. The van der Waals surface area contributed by atoms with Gasteiger partial charge in [0.1, 0.15) is 5.69 Å². The van der Waals surface area contributed by atoms with E-state index in [2.05, 4.69) is 15.7 Å². The van der Waals surface area contributed by atoms with Gasteiger partial charge in [-0.1, -0.05) is 0 Å². The fraction of sp³-hybridized carbons (Fsp3) is 0.577. The normalized spacial score (nSPS) is 21.3. The van der Waals surface area contributed by atoms with E-state index < -0.39 is 0 Å². The van der Waals surface area contributed by atoms with Crippen molar-refractivity contribution in [2.24, 2.45) is 23.7 Å². The van der Waals surface area contributed by atoms with Gasteiger partial charge in [0.25, 0.3) is 5.91 Å². The number of piperidine rings is 1. The number of rotatable bonds is 9. The summed E-state index contributed by atoms with van der Waals surface area (Å²) in [5, 5.41) is 15.4. The lowest BCUT2D eigenvalue weighted by Crippen LogP contribution is -2.37. The fourth-order valence-electron chi connectivity index (χ4n) is 5.73. The van der Waals surface area contributed by atoms with Crippen LogP contribution in [0.2, 0.25) is 0 Å². The average molecular weight is 476 g/mol. The molecule has 2 atom stereocenters. The quantitative estimate of drug-likeness (QED) is 0.495. The van der Waals surface area contributed by atoms with Crippen LogP contribution in [0.15, 0.2) is 30.6 Å². The Bertz CT molecular complexity index is 1230. The maximum Gasteiger partial charge on any atom is 0.270 e. The molecule has 0 spiro atoms. The zero-order valence-corrected chi connectivity index (χ0v) is 20.2. The largest absolute Gasteiger partial charge is 0.356 e. The van der Waals surface area contributed by atoms with Gasteiger partial charge >= 0.3 is 0 Å². The van der Waals surface area contributed by atoms with Crippen molar-refractivity contribution in [1.82, 2.24) is 35.0 Å². The third kappa shape index (κ3) is 4.56. The van der Waals surface area contributed by atoms with E-state index in [0.717, 1.165) is 36.4 Å². The molecule has 1 saturated heterocycles. The molecule has 2 N–H and O–H groups in total. The molecule has 35 heavy (non-hydrogen) atoms. The maximum absolute atomic E-state index is 13.3. The lowest BCUT2D eigenvalue weighted by atomic mass is 9.87. The van der Waals surface area contributed by atoms with Gasteiger partial charge in [0.2, 0.25) is 5.91 Å². The second kappa shape index (κ2) is 9.09. The van der Waals surface area contributed by atoms with Crippen molar-refractivity contribution in [3.63, 3.8) is 0 Å². The van der Waals surface area contributed by atoms with Gasteiger partial charge in [0.05, 0.1) is 23.6 Å². The average Bonchev–Trinajstić information content (AvgIpc) is 3.79. The van der Waals surface area contributed by atoms with Gasteiger partial charge < -0.3 is 10.6 Å². The third-order valence-corrected chi connectivity index (χ3v) is 7.82. The van der Waals surface area contributed by atoms with Gasteiger partial charge in [-0.2, -0.15) is 10.2 Å². The zero-order valence-electron chi connectivity index (χ0n) is 20.2. The summed E-state index contributed by atoms with van der Waals surface area (Å²) in [4.78, 5) is 30.5. The van der Waals surface area contributed by atoms with Crippen molar-refractivity contribution in [3.8, 4) is 0 Å². The fourth-order valence-corrected chi connectivity index (χ4v) is 5.73. The molecule has 1 aliphatic heterocycles. The Kier molecular flexibility index (Phi) is 5.78. The highest BCUT2D eigenvalue weighted by Gasteiger charge is 2.47. The molecule has 0 unspecified atom stereocenters.